The number of nitro groups is 1. The van der Waals surface area contributed by atoms with Crippen molar-refractivity contribution in [2.45, 2.75) is 6.42 Å². The van der Waals surface area contributed by atoms with Gasteiger partial charge in [0.25, 0.3) is 5.69 Å². The lowest BCUT2D eigenvalue weighted by Crippen LogP contribution is -2.10. The number of hydrogen-bond donors (Lipinski definition) is 0. The second-order valence-corrected chi connectivity index (χ2v) is 6.08. The number of rotatable bonds is 7. The van der Waals surface area contributed by atoms with E-state index >= 15 is 0 Å². The van der Waals surface area contributed by atoms with Gasteiger partial charge in [-0.2, -0.15) is 0 Å². The number of hydrogen-bond acceptors (Lipinski definition) is 6. The minimum absolute atomic E-state index is 0.00884. The van der Waals surface area contributed by atoms with E-state index in [-0.39, 0.29) is 11.3 Å². The van der Waals surface area contributed by atoms with Crippen molar-refractivity contribution in [3.8, 4) is 5.75 Å². The Kier molecular flexibility index (Phi) is 6.32. The molecule has 0 radical (unpaired) electrons. The Labute approximate surface area is 167 Å². The quantitative estimate of drug-likeness (QED) is 0.258. The first kappa shape index (κ1) is 19.8. The van der Waals surface area contributed by atoms with Gasteiger partial charge < -0.3 is 9.57 Å². The van der Waals surface area contributed by atoms with Crippen LogP contribution in [0.15, 0.2) is 84.0 Å². The lowest BCUT2D eigenvalue weighted by Gasteiger charge is -2.08. The molecule has 0 aliphatic rings. The number of methoxy groups -OCH3 is 1. The maximum absolute atomic E-state index is 12.4. The summed E-state index contributed by atoms with van der Waals surface area (Å²) < 4.78 is 5.18. The summed E-state index contributed by atoms with van der Waals surface area (Å²) in [5.41, 5.74) is 2.36. The van der Waals surface area contributed by atoms with E-state index in [1.165, 1.54) is 19.2 Å². The van der Waals surface area contributed by atoms with Crippen molar-refractivity contribution in [1.29, 1.82) is 0 Å². The topological polar surface area (TPSA) is 91.0 Å². The Bertz CT molecular complexity index is 1030. The van der Waals surface area contributed by atoms with E-state index in [4.69, 9.17) is 9.57 Å². The van der Waals surface area contributed by atoms with Gasteiger partial charge in [0.15, 0.2) is 0 Å². The number of non-ortho nitro benzene ring substituents is 1. The van der Waals surface area contributed by atoms with Gasteiger partial charge in [0.05, 0.1) is 17.7 Å². The highest BCUT2D eigenvalue weighted by Gasteiger charge is 2.15. The molecule has 0 aromatic heterocycles. The van der Waals surface area contributed by atoms with E-state index in [2.05, 4.69) is 5.16 Å². The summed E-state index contributed by atoms with van der Waals surface area (Å²) in [4.78, 5) is 28.0. The van der Waals surface area contributed by atoms with E-state index in [0.29, 0.717) is 17.9 Å². The van der Waals surface area contributed by atoms with Crippen LogP contribution in [0.4, 0.5) is 5.69 Å². The second kappa shape index (κ2) is 9.27. The standard InChI is InChI=1S/C22H18N2O5/c1-28-21-10-6-5-9-19(21)22(25)29-23-20(17-7-3-2-4-8-17)15-16-11-13-18(14-12-16)24(26)27/h2-14H,15H2,1H3/b23-20+. The smallest absolute Gasteiger partial charge is 0.369 e. The van der Waals surface area contributed by atoms with Crippen molar-refractivity contribution in [2.75, 3.05) is 7.11 Å². The van der Waals surface area contributed by atoms with Crippen LogP contribution in [0.3, 0.4) is 0 Å². The number of oxime groups is 1. The van der Waals surface area contributed by atoms with Gasteiger partial charge in [-0.25, -0.2) is 4.79 Å². The highest BCUT2D eigenvalue weighted by molar-refractivity contribution is 6.02. The molecule has 0 aliphatic carbocycles. The minimum atomic E-state index is -0.639. The van der Waals surface area contributed by atoms with Crippen LogP contribution < -0.4 is 4.74 Å². The summed E-state index contributed by atoms with van der Waals surface area (Å²) in [6, 6.07) is 22.1. The van der Waals surface area contributed by atoms with Crippen LogP contribution in [0.25, 0.3) is 0 Å². The van der Waals surface area contributed by atoms with Gasteiger partial charge in [-0.05, 0) is 23.3 Å². The zero-order chi connectivity index (χ0) is 20.6. The average molecular weight is 390 g/mol. The van der Waals surface area contributed by atoms with Crippen LogP contribution in [0.5, 0.6) is 5.75 Å². The molecule has 7 nitrogen and oxygen atoms in total. The zero-order valence-corrected chi connectivity index (χ0v) is 15.6. The fourth-order valence-corrected chi connectivity index (χ4v) is 2.71. The van der Waals surface area contributed by atoms with Crippen molar-refractivity contribution in [1.82, 2.24) is 0 Å². The summed E-state index contributed by atoms with van der Waals surface area (Å²) in [5, 5.41) is 14.9. The van der Waals surface area contributed by atoms with Gasteiger partial charge in [-0.1, -0.05) is 59.8 Å². The predicted octanol–water partition coefficient (Wildman–Crippen LogP) is 4.41. The summed E-state index contributed by atoms with van der Waals surface area (Å²) in [7, 11) is 1.47. The largest absolute Gasteiger partial charge is 0.496 e. The molecule has 0 fully saturated rings. The molecule has 0 bridgehead atoms. The number of ether oxygens (including phenoxy) is 1. The number of nitro benzene ring substituents is 1. The second-order valence-electron chi connectivity index (χ2n) is 6.08. The normalized spacial score (nSPS) is 11.0. The highest BCUT2D eigenvalue weighted by Crippen LogP contribution is 2.19. The molecule has 0 saturated heterocycles. The number of para-hydroxylation sites is 1. The number of benzene rings is 3. The third-order valence-corrected chi connectivity index (χ3v) is 4.19. The molecule has 29 heavy (non-hydrogen) atoms. The first-order chi connectivity index (χ1) is 14.1. The van der Waals surface area contributed by atoms with E-state index in [9.17, 15) is 14.9 Å². The third-order valence-electron chi connectivity index (χ3n) is 4.19. The summed E-state index contributed by atoms with van der Waals surface area (Å²) >= 11 is 0. The van der Waals surface area contributed by atoms with Crippen molar-refractivity contribution < 1.29 is 19.3 Å². The van der Waals surface area contributed by atoms with Gasteiger partial charge in [0.2, 0.25) is 0 Å². The summed E-state index contributed by atoms with van der Waals surface area (Å²) in [6.45, 7) is 0. The summed E-state index contributed by atoms with van der Waals surface area (Å²) in [5.74, 6) is -0.246. The van der Waals surface area contributed by atoms with Crippen molar-refractivity contribution in [3.05, 3.63) is 106 Å². The molecule has 0 aliphatic heterocycles. The fraction of sp³-hybridized carbons (Fsp3) is 0.0909. The van der Waals surface area contributed by atoms with Gasteiger partial charge in [0.1, 0.15) is 11.3 Å². The molecule has 3 aromatic carbocycles. The summed E-state index contributed by atoms with van der Waals surface area (Å²) in [6.07, 6.45) is 0.335. The molecule has 3 rings (SSSR count). The molecular formula is C22H18N2O5. The zero-order valence-electron chi connectivity index (χ0n) is 15.6. The number of carbonyl (C=O) groups excluding carboxylic acids is 1. The number of nitrogens with zero attached hydrogens (tertiary/aromatic N) is 2. The molecule has 0 N–H and O–H groups in total. The van der Waals surface area contributed by atoms with Crippen LogP contribution in [0.1, 0.15) is 21.5 Å². The van der Waals surface area contributed by atoms with Crippen LogP contribution in [-0.2, 0) is 11.3 Å². The fourth-order valence-electron chi connectivity index (χ4n) is 2.71. The molecule has 0 atom stereocenters. The molecular weight excluding hydrogens is 372 g/mol. The Balaban J connectivity index is 1.85. The van der Waals surface area contributed by atoms with Crippen molar-refractivity contribution in [2.24, 2.45) is 5.16 Å². The number of carbonyl (C=O) groups is 1. The predicted molar refractivity (Wildman–Crippen MR) is 108 cm³/mol. The highest BCUT2D eigenvalue weighted by atomic mass is 16.7. The first-order valence-corrected chi connectivity index (χ1v) is 8.78. The third kappa shape index (κ3) is 5.04. The first-order valence-electron chi connectivity index (χ1n) is 8.78. The lowest BCUT2D eigenvalue weighted by molar-refractivity contribution is -0.384. The SMILES string of the molecule is COc1ccccc1C(=O)O/N=C(\Cc1ccc([N+](=O)[O-])cc1)c1ccccc1. The minimum Gasteiger partial charge on any atom is -0.496 e. The molecule has 0 heterocycles. The van der Waals surface area contributed by atoms with Gasteiger partial charge in [-0.15, -0.1) is 0 Å². The van der Waals surface area contributed by atoms with Crippen LogP contribution in [-0.4, -0.2) is 23.7 Å². The maximum Gasteiger partial charge on any atom is 0.369 e. The molecule has 0 saturated carbocycles. The molecule has 146 valence electrons. The van der Waals surface area contributed by atoms with E-state index in [1.807, 2.05) is 30.3 Å². The molecule has 0 spiro atoms. The molecule has 3 aromatic rings. The van der Waals surface area contributed by atoms with E-state index in [0.717, 1.165) is 11.1 Å². The van der Waals surface area contributed by atoms with Gasteiger partial charge in [0, 0.05) is 18.6 Å². The van der Waals surface area contributed by atoms with Crippen molar-refractivity contribution in [3.63, 3.8) is 0 Å². The van der Waals surface area contributed by atoms with Gasteiger partial charge >= 0.3 is 5.97 Å². The van der Waals surface area contributed by atoms with E-state index < -0.39 is 10.9 Å². The van der Waals surface area contributed by atoms with Crippen molar-refractivity contribution >= 4 is 17.4 Å². The van der Waals surface area contributed by atoms with Crippen LogP contribution in [0, 0.1) is 10.1 Å². The molecule has 0 unspecified atom stereocenters. The van der Waals surface area contributed by atoms with Crippen LogP contribution >= 0.6 is 0 Å². The lowest BCUT2D eigenvalue weighted by atomic mass is 10.0. The van der Waals surface area contributed by atoms with E-state index in [1.54, 1.807) is 36.4 Å². The van der Waals surface area contributed by atoms with Crippen LogP contribution in [0.2, 0.25) is 0 Å². The van der Waals surface area contributed by atoms with Gasteiger partial charge in [-0.3, -0.25) is 10.1 Å². The molecule has 0 amide bonds. The maximum atomic E-state index is 12.4. The Morgan fingerprint density at radius 2 is 1.62 bits per heavy atom. The Morgan fingerprint density at radius 1 is 0.966 bits per heavy atom. The molecule has 7 heteroatoms. The Hall–Kier alpha value is -4.00. The average Bonchev–Trinajstić information content (AvgIpc) is 2.77. The monoisotopic (exact) mass is 390 g/mol. The Morgan fingerprint density at radius 3 is 2.28 bits per heavy atom.